The fourth-order valence-corrected chi connectivity index (χ4v) is 2.08. The summed E-state index contributed by atoms with van der Waals surface area (Å²) in [5.74, 6) is -1.65. The molecule has 2 N–H and O–H groups in total. The molecular weight excluding hydrogens is 335 g/mol. The van der Waals surface area contributed by atoms with E-state index in [2.05, 4.69) is 10.9 Å². The molecule has 0 aliphatic carbocycles. The van der Waals surface area contributed by atoms with Crippen molar-refractivity contribution in [1.29, 1.82) is 0 Å². The lowest BCUT2D eigenvalue weighted by Gasteiger charge is -2.15. The molecule has 1 atom stereocenters. The second-order valence-electron chi connectivity index (χ2n) is 5.00. The lowest BCUT2D eigenvalue weighted by Crippen LogP contribution is -2.47. The summed E-state index contributed by atoms with van der Waals surface area (Å²) in [5, 5.41) is 0.468. The number of benzene rings is 2. The van der Waals surface area contributed by atoms with Gasteiger partial charge in [-0.15, -0.1) is 0 Å². The van der Waals surface area contributed by atoms with Crippen LogP contribution in [0.3, 0.4) is 0 Å². The van der Waals surface area contributed by atoms with Gasteiger partial charge in [-0.1, -0.05) is 41.9 Å². The molecule has 0 bridgehead atoms. The van der Waals surface area contributed by atoms with Crippen molar-refractivity contribution in [2.24, 2.45) is 0 Å². The molecule has 2 rings (SSSR count). The molecule has 2 amide bonds. The zero-order valence-corrected chi connectivity index (χ0v) is 13.6. The lowest BCUT2D eigenvalue weighted by atomic mass is 10.1. The van der Waals surface area contributed by atoms with Crippen LogP contribution in [-0.2, 0) is 16.0 Å². The molecule has 5 nitrogen and oxygen atoms in total. The Morgan fingerprint density at radius 1 is 1.12 bits per heavy atom. The van der Waals surface area contributed by atoms with E-state index in [1.165, 1.54) is 25.1 Å². The normalized spacial score (nSPS) is 11.5. The molecule has 2 aromatic carbocycles. The van der Waals surface area contributed by atoms with Gasteiger partial charge in [-0.05, 0) is 30.7 Å². The number of halogens is 2. The summed E-state index contributed by atoms with van der Waals surface area (Å²) in [7, 11) is 0. The molecule has 0 saturated heterocycles. The number of hydrazine groups is 1. The Morgan fingerprint density at radius 3 is 2.50 bits per heavy atom. The average molecular weight is 351 g/mol. The predicted octanol–water partition coefficient (Wildman–Crippen LogP) is 2.64. The molecule has 0 aromatic heterocycles. The number of hydrogen-bond acceptors (Lipinski definition) is 3. The molecular formula is C17H16ClFN2O3. The van der Waals surface area contributed by atoms with Gasteiger partial charge in [-0.2, -0.15) is 0 Å². The van der Waals surface area contributed by atoms with E-state index in [-0.39, 0.29) is 12.2 Å². The molecule has 0 radical (unpaired) electrons. The zero-order chi connectivity index (χ0) is 17.5. The molecule has 0 fully saturated rings. The van der Waals surface area contributed by atoms with E-state index < -0.39 is 23.7 Å². The van der Waals surface area contributed by atoms with Crippen LogP contribution in [0.25, 0.3) is 0 Å². The van der Waals surface area contributed by atoms with Gasteiger partial charge in [0, 0.05) is 5.02 Å². The summed E-state index contributed by atoms with van der Waals surface area (Å²) in [5.41, 5.74) is 5.14. The number of carbonyl (C=O) groups is 2. The van der Waals surface area contributed by atoms with Crippen LogP contribution in [0.4, 0.5) is 4.39 Å². The molecule has 126 valence electrons. The minimum Gasteiger partial charge on any atom is -0.478 e. The first-order valence-electron chi connectivity index (χ1n) is 7.20. The van der Waals surface area contributed by atoms with Crippen molar-refractivity contribution >= 4 is 23.4 Å². The highest BCUT2D eigenvalue weighted by Gasteiger charge is 2.17. The minimum absolute atomic E-state index is 0.0164. The van der Waals surface area contributed by atoms with Crippen LogP contribution in [0.5, 0.6) is 5.75 Å². The second kappa shape index (κ2) is 8.31. The van der Waals surface area contributed by atoms with Crippen LogP contribution >= 0.6 is 11.6 Å². The van der Waals surface area contributed by atoms with E-state index in [4.69, 9.17) is 16.3 Å². The average Bonchev–Trinajstić information content (AvgIpc) is 2.56. The van der Waals surface area contributed by atoms with E-state index in [1.54, 1.807) is 30.3 Å². The first-order chi connectivity index (χ1) is 11.5. The van der Waals surface area contributed by atoms with Crippen LogP contribution in [0.2, 0.25) is 5.02 Å². The number of para-hydroxylation sites is 1. The first-order valence-corrected chi connectivity index (χ1v) is 7.58. The Balaban J connectivity index is 1.83. The number of ether oxygens (including phenoxy) is 1. The molecule has 2 aromatic rings. The van der Waals surface area contributed by atoms with Gasteiger partial charge in [-0.25, -0.2) is 4.39 Å². The van der Waals surface area contributed by atoms with Crippen LogP contribution in [0.1, 0.15) is 12.5 Å². The Labute approximate surface area is 143 Å². The van der Waals surface area contributed by atoms with Crippen LogP contribution in [0.15, 0.2) is 48.5 Å². The smallest absolute Gasteiger partial charge is 0.279 e. The Kier molecular flexibility index (Phi) is 6.14. The van der Waals surface area contributed by atoms with E-state index >= 15 is 0 Å². The molecule has 0 saturated carbocycles. The van der Waals surface area contributed by atoms with Crippen molar-refractivity contribution < 1.29 is 18.7 Å². The highest BCUT2D eigenvalue weighted by molar-refractivity contribution is 6.31. The van der Waals surface area contributed by atoms with E-state index in [0.717, 1.165) is 0 Å². The number of hydrogen-bond donors (Lipinski definition) is 2. The number of rotatable bonds is 5. The largest absolute Gasteiger partial charge is 0.478 e. The van der Waals surface area contributed by atoms with Crippen molar-refractivity contribution in [2.75, 3.05) is 0 Å². The Morgan fingerprint density at radius 2 is 1.79 bits per heavy atom. The number of nitrogens with one attached hydrogen (secondary N) is 2. The van der Waals surface area contributed by atoms with Crippen molar-refractivity contribution in [3.63, 3.8) is 0 Å². The van der Waals surface area contributed by atoms with Crippen LogP contribution in [-0.4, -0.2) is 17.9 Å². The van der Waals surface area contributed by atoms with Gasteiger partial charge < -0.3 is 4.74 Å². The summed E-state index contributed by atoms with van der Waals surface area (Å²) >= 11 is 5.96. The molecule has 0 spiro atoms. The minimum atomic E-state index is -0.984. The van der Waals surface area contributed by atoms with E-state index in [1.807, 2.05) is 0 Å². The fourth-order valence-electron chi connectivity index (χ4n) is 1.88. The van der Waals surface area contributed by atoms with Gasteiger partial charge in [0.15, 0.2) is 17.7 Å². The third kappa shape index (κ3) is 4.96. The third-order valence-corrected chi connectivity index (χ3v) is 3.51. The maximum absolute atomic E-state index is 13.5. The molecule has 0 heterocycles. The van der Waals surface area contributed by atoms with E-state index in [0.29, 0.717) is 10.6 Å². The van der Waals surface area contributed by atoms with Gasteiger partial charge in [-0.3, -0.25) is 20.4 Å². The fraction of sp³-hybridized carbons (Fsp3) is 0.176. The lowest BCUT2D eigenvalue weighted by molar-refractivity contribution is -0.132. The monoisotopic (exact) mass is 350 g/mol. The van der Waals surface area contributed by atoms with Crippen LogP contribution < -0.4 is 15.6 Å². The zero-order valence-electron chi connectivity index (χ0n) is 12.9. The van der Waals surface area contributed by atoms with Crippen molar-refractivity contribution in [3.8, 4) is 5.75 Å². The SMILES string of the molecule is C[C@H](Oc1ccccc1F)C(=O)NNC(=O)Cc1ccccc1Cl. The molecule has 0 aliphatic heterocycles. The number of amides is 2. The maximum atomic E-state index is 13.5. The van der Waals surface area contributed by atoms with Crippen LogP contribution in [0, 0.1) is 5.82 Å². The highest BCUT2D eigenvalue weighted by atomic mass is 35.5. The molecule has 0 unspecified atom stereocenters. The van der Waals surface area contributed by atoms with E-state index in [9.17, 15) is 14.0 Å². The quantitative estimate of drug-likeness (QED) is 0.815. The van der Waals surface area contributed by atoms with Crippen molar-refractivity contribution in [2.45, 2.75) is 19.4 Å². The summed E-state index contributed by atoms with van der Waals surface area (Å²) in [4.78, 5) is 23.7. The molecule has 24 heavy (non-hydrogen) atoms. The topological polar surface area (TPSA) is 67.4 Å². The van der Waals surface area contributed by atoms with Gasteiger partial charge in [0.25, 0.3) is 5.91 Å². The summed E-state index contributed by atoms with van der Waals surface area (Å²) < 4.78 is 18.7. The van der Waals surface area contributed by atoms with Gasteiger partial charge >= 0.3 is 0 Å². The highest BCUT2D eigenvalue weighted by Crippen LogP contribution is 2.17. The maximum Gasteiger partial charge on any atom is 0.279 e. The molecule has 7 heteroatoms. The summed E-state index contributed by atoms with van der Waals surface area (Å²) in [6, 6.07) is 12.7. The third-order valence-electron chi connectivity index (χ3n) is 3.14. The standard InChI is InChI=1S/C17H16ClFN2O3/c1-11(24-15-9-5-4-8-14(15)19)17(23)21-20-16(22)10-12-6-2-3-7-13(12)18/h2-9,11H,10H2,1H3,(H,20,22)(H,21,23)/t11-/m0/s1. The first kappa shape index (κ1) is 17.7. The van der Waals surface area contributed by atoms with Gasteiger partial charge in [0.1, 0.15) is 0 Å². The molecule has 0 aliphatic rings. The van der Waals surface area contributed by atoms with Crippen molar-refractivity contribution in [1.82, 2.24) is 10.9 Å². The predicted molar refractivity (Wildman–Crippen MR) is 87.9 cm³/mol. The summed E-state index contributed by atoms with van der Waals surface area (Å²) in [6.07, 6.45) is -0.967. The summed E-state index contributed by atoms with van der Waals surface area (Å²) in [6.45, 7) is 1.45. The van der Waals surface area contributed by atoms with Crippen molar-refractivity contribution in [3.05, 3.63) is 64.9 Å². The van der Waals surface area contributed by atoms with Gasteiger partial charge in [0.05, 0.1) is 6.42 Å². The second-order valence-corrected chi connectivity index (χ2v) is 5.40. The Hall–Kier alpha value is -2.60. The van der Waals surface area contributed by atoms with Gasteiger partial charge in [0.2, 0.25) is 5.91 Å². The number of carbonyl (C=O) groups excluding carboxylic acids is 2. The Bertz CT molecular complexity index is 739.